The predicted molar refractivity (Wildman–Crippen MR) is 144 cm³/mol. The standard InChI is InChI=1S/C30H41N3O4/c1-4-11-25(29(35)32-37)26(18-21(2)3)28(34)31-27-16-8-9-17-33(30(27)36)20-22-12-10-15-24(19-22)23-13-6-5-7-14-23/h5-7,10,12-15,19,21,25-27,37H,4,8-9,11,16-18,20H2,1-3H3,(H,31,34)(H,32,35)/t25-,26+,27-/m0/s1. The largest absolute Gasteiger partial charge is 0.344 e. The zero-order chi connectivity index (χ0) is 26.8. The molecule has 0 aromatic heterocycles. The maximum Gasteiger partial charge on any atom is 0.247 e. The van der Waals surface area contributed by atoms with Crippen LogP contribution in [0.4, 0.5) is 0 Å². The molecule has 3 N–H and O–H groups in total. The van der Waals surface area contributed by atoms with Crippen LogP contribution in [0.2, 0.25) is 0 Å². The van der Waals surface area contributed by atoms with Gasteiger partial charge in [-0.25, -0.2) is 5.48 Å². The van der Waals surface area contributed by atoms with Crippen molar-refractivity contribution in [2.75, 3.05) is 6.54 Å². The van der Waals surface area contributed by atoms with Gasteiger partial charge >= 0.3 is 0 Å². The van der Waals surface area contributed by atoms with E-state index < -0.39 is 23.8 Å². The van der Waals surface area contributed by atoms with Crippen molar-refractivity contribution in [2.24, 2.45) is 17.8 Å². The highest BCUT2D eigenvalue weighted by Crippen LogP contribution is 2.27. The number of hydroxylamine groups is 1. The van der Waals surface area contributed by atoms with Crippen LogP contribution in [0.1, 0.15) is 64.9 Å². The van der Waals surface area contributed by atoms with Gasteiger partial charge in [0, 0.05) is 19.0 Å². The Balaban J connectivity index is 1.75. The number of hydrogen-bond donors (Lipinski definition) is 3. The molecule has 1 fully saturated rings. The molecule has 2 aromatic rings. The van der Waals surface area contributed by atoms with Crippen molar-refractivity contribution in [3.8, 4) is 11.1 Å². The minimum Gasteiger partial charge on any atom is -0.344 e. The van der Waals surface area contributed by atoms with E-state index in [4.69, 9.17) is 0 Å². The van der Waals surface area contributed by atoms with Crippen LogP contribution >= 0.6 is 0 Å². The molecule has 2 aromatic carbocycles. The summed E-state index contributed by atoms with van der Waals surface area (Å²) in [5.74, 6) is -2.00. The Hall–Kier alpha value is -3.19. The molecule has 0 saturated carbocycles. The Labute approximate surface area is 220 Å². The Bertz CT molecular complexity index is 1040. The van der Waals surface area contributed by atoms with Gasteiger partial charge in [0.15, 0.2) is 0 Å². The third kappa shape index (κ3) is 7.89. The summed E-state index contributed by atoms with van der Waals surface area (Å²) in [5.41, 5.74) is 5.01. The zero-order valence-corrected chi connectivity index (χ0v) is 22.3. The van der Waals surface area contributed by atoms with Crippen LogP contribution in [0, 0.1) is 17.8 Å². The van der Waals surface area contributed by atoms with E-state index in [1.165, 1.54) is 0 Å². The van der Waals surface area contributed by atoms with Crippen LogP contribution in [0.25, 0.3) is 11.1 Å². The third-order valence-electron chi connectivity index (χ3n) is 7.10. The van der Waals surface area contributed by atoms with Gasteiger partial charge < -0.3 is 10.2 Å². The lowest BCUT2D eigenvalue weighted by atomic mass is 9.81. The average Bonchev–Trinajstić information content (AvgIpc) is 3.07. The van der Waals surface area contributed by atoms with Crippen molar-refractivity contribution in [2.45, 2.75) is 71.9 Å². The predicted octanol–water partition coefficient (Wildman–Crippen LogP) is 4.93. The van der Waals surface area contributed by atoms with Crippen molar-refractivity contribution >= 4 is 17.7 Å². The number of hydrogen-bond acceptors (Lipinski definition) is 4. The Morgan fingerprint density at radius 2 is 1.73 bits per heavy atom. The molecule has 1 saturated heterocycles. The molecule has 0 radical (unpaired) electrons. The molecule has 3 amide bonds. The average molecular weight is 508 g/mol. The molecule has 7 nitrogen and oxygen atoms in total. The summed E-state index contributed by atoms with van der Waals surface area (Å²) in [5, 5.41) is 12.3. The lowest BCUT2D eigenvalue weighted by molar-refractivity contribution is -0.143. The molecule has 1 heterocycles. The zero-order valence-electron chi connectivity index (χ0n) is 22.3. The fourth-order valence-corrected chi connectivity index (χ4v) is 5.25. The van der Waals surface area contributed by atoms with Gasteiger partial charge in [-0.3, -0.25) is 19.6 Å². The van der Waals surface area contributed by atoms with E-state index in [0.717, 1.165) is 29.5 Å². The lowest BCUT2D eigenvalue weighted by Gasteiger charge is -2.29. The van der Waals surface area contributed by atoms with Gasteiger partial charge in [-0.2, -0.15) is 0 Å². The second-order valence-corrected chi connectivity index (χ2v) is 10.5. The van der Waals surface area contributed by atoms with Crippen molar-refractivity contribution in [3.05, 3.63) is 60.2 Å². The topological polar surface area (TPSA) is 98.7 Å². The van der Waals surface area contributed by atoms with E-state index in [9.17, 15) is 19.6 Å². The minimum absolute atomic E-state index is 0.0853. The quantitative estimate of drug-likeness (QED) is 0.297. The first kappa shape index (κ1) is 28.4. The first-order valence-corrected chi connectivity index (χ1v) is 13.5. The summed E-state index contributed by atoms with van der Waals surface area (Å²) in [6.45, 7) is 7.07. The summed E-state index contributed by atoms with van der Waals surface area (Å²) in [4.78, 5) is 41.3. The van der Waals surface area contributed by atoms with Crippen LogP contribution in [0.5, 0.6) is 0 Å². The van der Waals surface area contributed by atoms with E-state index in [-0.39, 0.29) is 17.7 Å². The van der Waals surface area contributed by atoms with E-state index in [2.05, 4.69) is 29.6 Å². The van der Waals surface area contributed by atoms with Crippen LogP contribution in [0.3, 0.4) is 0 Å². The van der Waals surface area contributed by atoms with Crippen molar-refractivity contribution in [1.29, 1.82) is 0 Å². The highest BCUT2D eigenvalue weighted by Gasteiger charge is 2.36. The molecule has 3 rings (SSSR count). The van der Waals surface area contributed by atoms with Crippen LogP contribution in [0.15, 0.2) is 54.6 Å². The van der Waals surface area contributed by atoms with Crippen LogP contribution < -0.4 is 10.8 Å². The van der Waals surface area contributed by atoms with E-state index in [1.54, 1.807) is 5.48 Å². The summed E-state index contributed by atoms with van der Waals surface area (Å²) < 4.78 is 0. The molecular formula is C30H41N3O4. The molecule has 7 heteroatoms. The monoisotopic (exact) mass is 507 g/mol. The van der Waals surface area contributed by atoms with Crippen molar-refractivity contribution < 1.29 is 19.6 Å². The van der Waals surface area contributed by atoms with Gasteiger partial charge in [-0.05, 0) is 60.8 Å². The molecule has 200 valence electrons. The number of benzene rings is 2. The number of carbonyl (C=O) groups excluding carboxylic acids is 3. The molecule has 0 spiro atoms. The number of rotatable bonds is 11. The second-order valence-electron chi connectivity index (χ2n) is 10.5. The molecule has 1 aliphatic rings. The SMILES string of the molecule is CCC[C@H](C(=O)NO)[C@@H](CC(C)C)C(=O)N[C@H]1CCCCN(Cc2cccc(-c3ccccc3)c2)C1=O. The highest BCUT2D eigenvalue weighted by atomic mass is 16.5. The van der Waals surface area contributed by atoms with E-state index in [1.807, 2.05) is 56.0 Å². The fourth-order valence-electron chi connectivity index (χ4n) is 5.25. The maximum atomic E-state index is 13.6. The van der Waals surface area contributed by atoms with Crippen LogP contribution in [-0.4, -0.2) is 40.4 Å². The first-order chi connectivity index (χ1) is 17.8. The normalized spacial score (nSPS) is 17.7. The number of nitrogens with zero attached hydrogens (tertiary/aromatic N) is 1. The molecule has 3 atom stereocenters. The summed E-state index contributed by atoms with van der Waals surface area (Å²) in [6, 6.07) is 17.7. The Morgan fingerprint density at radius 3 is 2.41 bits per heavy atom. The number of likely N-dealkylation sites (tertiary alicyclic amines) is 1. The number of carbonyl (C=O) groups is 3. The Morgan fingerprint density at radius 1 is 1.00 bits per heavy atom. The fraction of sp³-hybridized carbons (Fsp3) is 0.500. The molecular weight excluding hydrogens is 466 g/mol. The summed E-state index contributed by atoms with van der Waals surface area (Å²) in [6.07, 6.45) is 3.97. The number of nitrogens with one attached hydrogen (secondary N) is 2. The van der Waals surface area contributed by atoms with Gasteiger partial charge in [-0.1, -0.05) is 75.7 Å². The highest BCUT2D eigenvalue weighted by molar-refractivity contribution is 5.91. The summed E-state index contributed by atoms with van der Waals surface area (Å²) in [7, 11) is 0. The van der Waals surface area contributed by atoms with Gasteiger partial charge in [0.25, 0.3) is 0 Å². The lowest BCUT2D eigenvalue weighted by Crippen LogP contribution is -2.51. The third-order valence-corrected chi connectivity index (χ3v) is 7.10. The van der Waals surface area contributed by atoms with Gasteiger partial charge in [0.2, 0.25) is 17.7 Å². The molecule has 0 unspecified atom stereocenters. The Kier molecular flexibility index (Phi) is 10.7. The number of amides is 3. The molecule has 0 aliphatic carbocycles. The van der Waals surface area contributed by atoms with Gasteiger partial charge in [0.05, 0.1) is 5.92 Å². The van der Waals surface area contributed by atoms with E-state index >= 15 is 0 Å². The first-order valence-electron chi connectivity index (χ1n) is 13.5. The van der Waals surface area contributed by atoms with E-state index in [0.29, 0.717) is 38.8 Å². The van der Waals surface area contributed by atoms with Crippen molar-refractivity contribution in [1.82, 2.24) is 15.7 Å². The smallest absolute Gasteiger partial charge is 0.247 e. The molecule has 0 bridgehead atoms. The van der Waals surface area contributed by atoms with Gasteiger partial charge in [-0.15, -0.1) is 0 Å². The molecule has 1 aliphatic heterocycles. The maximum absolute atomic E-state index is 13.6. The van der Waals surface area contributed by atoms with Gasteiger partial charge in [0.1, 0.15) is 6.04 Å². The van der Waals surface area contributed by atoms with Crippen molar-refractivity contribution in [3.63, 3.8) is 0 Å². The minimum atomic E-state index is -0.643. The summed E-state index contributed by atoms with van der Waals surface area (Å²) >= 11 is 0. The second kappa shape index (κ2) is 13.9. The molecule has 37 heavy (non-hydrogen) atoms. The van der Waals surface area contributed by atoms with Crippen LogP contribution in [-0.2, 0) is 20.9 Å².